The van der Waals surface area contributed by atoms with Crippen molar-refractivity contribution in [2.24, 2.45) is 11.7 Å². The van der Waals surface area contributed by atoms with Crippen molar-refractivity contribution >= 4 is 16.1 Å². The molecule has 0 aliphatic heterocycles. The van der Waals surface area contributed by atoms with Gasteiger partial charge in [-0.2, -0.15) is 0 Å². The third-order valence-corrected chi connectivity index (χ3v) is 16.8. The second-order valence-electron chi connectivity index (χ2n) is 8.54. The molecule has 0 bridgehead atoms. The van der Waals surface area contributed by atoms with Gasteiger partial charge in [-0.05, 0) is 20.3 Å². The lowest BCUT2D eigenvalue weighted by molar-refractivity contribution is -0.365. The largest absolute Gasteiger partial charge is 0.301 e. The first-order valence-electron chi connectivity index (χ1n) is 8.44. The van der Waals surface area contributed by atoms with Gasteiger partial charge < -0.3 is 5.73 Å². The molecule has 0 radical (unpaired) electrons. The minimum Gasteiger partial charge on any atom is -0.301 e. The van der Waals surface area contributed by atoms with Crippen LogP contribution >= 0.6 is 0 Å². The van der Waals surface area contributed by atoms with Crippen molar-refractivity contribution in [1.82, 2.24) is 0 Å². The molecule has 2 N–H and O–H groups in total. The molecule has 5 heteroatoms. The molecule has 128 valence electrons. The van der Waals surface area contributed by atoms with Crippen LogP contribution in [0.4, 0.5) is 0 Å². The highest BCUT2D eigenvalue weighted by atomic mass is 28.4. The van der Waals surface area contributed by atoms with Crippen molar-refractivity contribution in [3.8, 4) is 0 Å². The van der Waals surface area contributed by atoms with Crippen LogP contribution < -0.4 is 5.73 Å². The summed E-state index contributed by atoms with van der Waals surface area (Å²) in [6, 6.07) is 1.38. The lowest BCUT2D eigenvalue weighted by Crippen LogP contribution is -2.46. The zero-order chi connectivity index (χ0) is 16.9. The topological polar surface area (TPSA) is 44.5 Å². The van der Waals surface area contributed by atoms with Gasteiger partial charge >= 0.3 is 0 Å². The molecule has 0 amide bonds. The van der Waals surface area contributed by atoms with E-state index in [1.807, 2.05) is 13.8 Å². The summed E-state index contributed by atoms with van der Waals surface area (Å²) >= 11 is 0. The fourth-order valence-electron chi connectivity index (χ4n) is 2.81. The summed E-state index contributed by atoms with van der Waals surface area (Å²) in [6.45, 7) is 21.6. The smallest absolute Gasteiger partial charge is 0.151 e. The Bertz CT molecular complexity index is 301. The fourth-order valence-corrected chi connectivity index (χ4v) is 14.2. The summed E-state index contributed by atoms with van der Waals surface area (Å²) in [4.78, 5) is 10.4. The van der Waals surface area contributed by atoms with E-state index >= 15 is 0 Å². The minimum absolute atomic E-state index is 0.302. The van der Waals surface area contributed by atoms with Crippen LogP contribution in [-0.4, -0.2) is 28.5 Å². The molecular weight excluding hydrogens is 294 g/mol. The Morgan fingerprint density at radius 3 is 2.05 bits per heavy atom. The van der Waals surface area contributed by atoms with E-state index in [9.17, 15) is 0 Å². The molecule has 0 rings (SSSR count). The van der Waals surface area contributed by atoms with E-state index in [0.717, 1.165) is 11.6 Å². The molecular formula is C16H39NO2Si2. The second-order valence-corrected chi connectivity index (χ2v) is 20.1. The van der Waals surface area contributed by atoms with Crippen molar-refractivity contribution in [2.45, 2.75) is 90.2 Å². The van der Waals surface area contributed by atoms with E-state index in [2.05, 4.69) is 46.6 Å². The molecule has 0 heterocycles. The van der Waals surface area contributed by atoms with Crippen LogP contribution in [0.25, 0.3) is 0 Å². The van der Waals surface area contributed by atoms with Gasteiger partial charge in [-0.3, -0.25) is 0 Å². The third kappa shape index (κ3) is 7.41. The summed E-state index contributed by atoms with van der Waals surface area (Å²) in [7, 11) is -2.18. The minimum atomic E-state index is -1.14. The summed E-state index contributed by atoms with van der Waals surface area (Å²) < 4.78 is 0. The maximum atomic E-state index is 6.20. The average Bonchev–Trinajstić information content (AvgIpc) is 2.34. The molecule has 0 fully saturated rings. The molecule has 0 aromatic heterocycles. The Kier molecular flexibility index (Phi) is 8.37. The number of hydrogen-bond acceptors (Lipinski definition) is 3. The molecule has 0 aromatic carbocycles. The van der Waals surface area contributed by atoms with Crippen molar-refractivity contribution in [3.05, 3.63) is 0 Å². The maximum Gasteiger partial charge on any atom is 0.151 e. The summed E-state index contributed by atoms with van der Waals surface area (Å²) in [5.74, 6) is 0.302. The molecule has 0 saturated carbocycles. The number of nitrogens with two attached hydrogens (primary N) is 1. The standard InChI is InChI=1S/C16H39NO2Si2/c1-10-18-19-16(4,17)14(2)12-11-13-21(8,9)15(3)20(5,6)7/h14-15H,10-13,17H2,1-9H3. The number of rotatable bonds is 10. The van der Waals surface area contributed by atoms with Gasteiger partial charge in [-0.1, -0.05) is 64.2 Å². The van der Waals surface area contributed by atoms with Crippen LogP contribution in [-0.2, 0) is 9.78 Å². The molecule has 0 spiro atoms. The first-order chi connectivity index (χ1) is 9.34. The van der Waals surface area contributed by atoms with E-state index < -0.39 is 21.9 Å². The van der Waals surface area contributed by atoms with Crippen LogP contribution in [0, 0.1) is 5.92 Å². The molecule has 3 unspecified atom stereocenters. The Labute approximate surface area is 134 Å². The summed E-state index contributed by atoms with van der Waals surface area (Å²) in [5, 5.41) is 0.948. The Morgan fingerprint density at radius 1 is 1.10 bits per heavy atom. The zero-order valence-electron chi connectivity index (χ0n) is 15.9. The summed E-state index contributed by atoms with van der Waals surface area (Å²) in [5.41, 5.74) is 5.51. The van der Waals surface area contributed by atoms with E-state index in [1.165, 1.54) is 12.5 Å². The molecule has 21 heavy (non-hydrogen) atoms. The Balaban J connectivity index is 4.35. The van der Waals surface area contributed by atoms with Gasteiger partial charge in [0.25, 0.3) is 0 Å². The van der Waals surface area contributed by atoms with Crippen molar-refractivity contribution in [1.29, 1.82) is 0 Å². The van der Waals surface area contributed by atoms with Crippen LogP contribution in [0.3, 0.4) is 0 Å². The van der Waals surface area contributed by atoms with Crippen LogP contribution in [0.5, 0.6) is 0 Å². The lowest BCUT2D eigenvalue weighted by Gasteiger charge is -2.38. The van der Waals surface area contributed by atoms with Gasteiger partial charge in [-0.25, -0.2) is 9.78 Å². The van der Waals surface area contributed by atoms with E-state index in [1.54, 1.807) is 0 Å². The number of hydrogen-bond donors (Lipinski definition) is 1. The van der Waals surface area contributed by atoms with Crippen LogP contribution in [0.15, 0.2) is 0 Å². The van der Waals surface area contributed by atoms with Gasteiger partial charge in [0, 0.05) is 22.1 Å². The highest BCUT2D eigenvalue weighted by molar-refractivity contribution is 6.96. The third-order valence-electron chi connectivity index (χ3n) is 5.26. The van der Waals surface area contributed by atoms with Crippen molar-refractivity contribution in [2.75, 3.05) is 6.61 Å². The van der Waals surface area contributed by atoms with Gasteiger partial charge in [0.1, 0.15) is 0 Å². The van der Waals surface area contributed by atoms with Gasteiger partial charge in [0.15, 0.2) is 5.72 Å². The van der Waals surface area contributed by atoms with E-state index in [4.69, 9.17) is 15.5 Å². The summed E-state index contributed by atoms with van der Waals surface area (Å²) in [6.07, 6.45) is 2.35. The van der Waals surface area contributed by atoms with Gasteiger partial charge in [0.2, 0.25) is 0 Å². The first-order valence-corrected chi connectivity index (χ1v) is 15.3. The highest BCUT2D eigenvalue weighted by Crippen LogP contribution is 2.36. The Morgan fingerprint density at radius 2 is 1.62 bits per heavy atom. The molecule has 0 aliphatic rings. The molecule has 3 atom stereocenters. The van der Waals surface area contributed by atoms with Crippen LogP contribution in [0.1, 0.15) is 40.5 Å². The monoisotopic (exact) mass is 333 g/mol. The van der Waals surface area contributed by atoms with E-state index in [-0.39, 0.29) is 0 Å². The average molecular weight is 334 g/mol. The normalized spacial score (nSPS) is 19.1. The quantitative estimate of drug-likeness (QED) is 0.264. The SMILES string of the molecule is CCOOC(C)(N)C(C)CCC[Si](C)(C)C(C)[Si](C)(C)C. The van der Waals surface area contributed by atoms with Crippen molar-refractivity contribution < 1.29 is 9.78 Å². The molecule has 0 saturated heterocycles. The van der Waals surface area contributed by atoms with Crippen LogP contribution in [0.2, 0.25) is 43.9 Å². The van der Waals surface area contributed by atoms with Gasteiger partial charge in [0.05, 0.1) is 6.61 Å². The zero-order valence-corrected chi connectivity index (χ0v) is 17.9. The first kappa shape index (κ1) is 21.3. The molecule has 3 nitrogen and oxygen atoms in total. The lowest BCUT2D eigenvalue weighted by atomic mass is 9.95. The fraction of sp³-hybridized carbons (Fsp3) is 1.00. The van der Waals surface area contributed by atoms with E-state index in [0.29, 0.717) is 12.5 Å². The predicted octanol–water partition coefficient (Wildman–Crippen LogP) is 5.02. The highest BCUT2D eigenvalue weighted by Gasteiger charge is 2.37. The molecule has 0 aliphatic carbocycles. The molecule has 0 aromatic rings. The Hall–Kier alpha value is 0.314. The van der Waals surface area contributed by atoms with Crippen molar-refractivity contribution in [3.63, 3.8) is 0 Å². The maximum absolute atomic E-state index is 6.20. The second kappa shape index (κ2) is 8.25. The predicted molar refractivity (Wildman–Crippen MR) is 98.8 cm³/mol. The van der Waals surface area contributed by atoms with Gasteiger partial charge in [-0.15, -0.1) is 0 Å².